The summed E-state index contributed by atoms with van der Waals surface area (Å²) in [7, 11) is 0. The standard InChI is InChI=1S/C15H24N4S/c1-4-9-19(10-7-8-10)15-13(14(16)20)11(5-2)12(6-3)17-18-15/h10H,4-9H2,1-3H3,(H2,16,20). The topological polar surface area (TPSA) is 55.0 Å². The molecule has 1 aliphatic carbocycles. The van der Waals surface area contributed by atoms with E-state index in [1.807, 2.05) is 0 Å². The van der Waals surface area contributed by atoms with Crippen LogP contribution in [0, 0.1) is 0 Å². The lowest BCUT2D eigenvalue weighted by molar-refractivity contribution is 0.730. The Morgan fingerprint density at radius 3 is 2.40 bits per heavy atom. The first-order valence-corrected chi connectivity index (χ1v) is 7.99. The molecule has 0 aromatic carbocycles. The Morgan fingerprint density at radius 2 is 1.95 bits per heavy atom. The van der Waals surface area contributed by atoms with Gasteiger partial charge in [0.1, 0.15) is 4.99 Å². The highest BCUT2D eigenvalue weighted by Gasteiger charge is 2.32. The Hall–Kier alpha value is -1.23. The zero-order valence-corrected chi connectivity index (χ0v) is 13.5. The minimum absolute atomic E-state index is 0.447. The minimum Gasteiger partial charge on any atom is -0.389 e. The number of hydrogen-bond donors (Lipinski definition) is 1. The van der Waals surface area contributed by atoms with E-state index in [9.17, 15) is 0 Å². The summed E-state index contributed by atoms with van der Waals surface area (Å²) in [5, 5.41) is 8.89. The van der Waals surface area contributed by atoms with E-state index in [-0.39, 0.29) is 0 Å². The van der Waals surface area contributed by atoms with Gasteiger partial charge in [0.15, 0.2) is 5.82 Å². The van der Waals surface area contributed by atoms with Gasteiger partial charge < -0.3 is 10.6 Å². The fourth-order valence-corrected chi connectivity index (χ4v) is 2.93. The van der Waals surface area contributed by atoms with Gasteiger partial charge in [0, 0.05) is 12.6 Å². The maximum absolute atomic E-state index is 6.01. The van der Waals surface area contributed by atoms with Gasteiger partial charge in [-0.05, 0) is 37.7 Å². The van der Waals surface area contributed by atoms with Crippen LogP contribution in [0.4, 0.5) is 5.82 Å². The zero-order valence-electron chi connectivity index (χ0n) is 12.6. The number of nitrogens with zero attached hydrogens (tertiary/aromatic N) is 3. The summed E-state index contributed by atoms with van der Waals surface area (Å²) in [6.45, 7) is 7.40. The molecule has 0 aliphatic heterocycles. The number of hydrogen-bond acceptors (Lipinski definition) is 4. The Bertz CT molecular complexity index is 497. The first-order chi connectivity index (χ1) is 9.63. The van der Waals surface area contributed by atoms with Crippen molar-refractivity contribution in [1.29, 1.82) is 0 Å². The molecular weight excluding hydrogens is 268 g/mol. The molecule has 1 heterocycles. The number of thiocarbonyl (C=S) groups is 1. The van der Waals surface area contributed by atoms with Crippen LogP contribution in [-0.4, -0.2) is 27.8 Å². The minimum atomic E-state index is 0.447. The summed E-state index contributed by atoms with van der Waals surface area (Å²) < 4.78 is 0. The largest absolute Gasteiger partial charge is 0.389 e. The maximum atomic E-state index is 6.01. The average molecular weight is 292 g/mol. The van der Waals surface area contributed by atoms with Crippen molar-refractivity contribution in [2.45, 2.75) is 58.9 Å². The van der Waals surface area contributed by atoms with Crippen molar-refractivity contribution in [2.24, 2.45) is 5.73 Å². The summed E-state index contributed by atoms with van der Waals surface area (Å²) in [4.78, 5) is 2.79. The van der Waals surface area contributed by atoms with Gasteiger partial charge in [-0.25, -0.2) is 0 Å². The van der Waals surface area contributed by atoms with Gasteiger partial charge in [-0.15, -0.1) is 5.10 Å². The lowest BCUT2D eigenvalue weighted by atomic mass is 10.0. The zero-order chi connectivity index (χ0) is 14.7. The van der Waals surface area contributed by atoms with E-state index >= 15 is 0 Å². The first-order valence-electron chi connectivity index (χ1n) is 7.58. The van der Waals surface area contributed by atoms with Crippen LogP contribution in [0.5, 0.6) is 0 Å². The summed E-state index contributed by atoms with van der Waals surface area (Å²) in [5.74, 6) is 0.899. The lowest BCUT2D eigenvalue weighted by Crippen LogP contribution is -2.31. The molecule has 1 saturated carbocycles. The van der Waals surface area contributed by atoms with Crippen LogP contribution in [0.25, 0.3) is 0 Å². The van der Waals surface area contributed by atoms with E-state index in [0.717, 1.165) is 42.9 Å². The number of anilines is 1. The van der Waals surface area contributed by atoms with Crippen LogP contribution >= 0.6 is 12.2 Å². The van der Waals surface area contributed by atoms with Gasteiger partial charge in [-0.1, -0.05) is 33.0 Å². The van der Waals surface area contributed by atoms with E-state index in [0.29, 0.717) is 11.0 Å². The van der Waals surface area contributed by atoms with E-state index < -0.39 is 0 Å². The summed E-state index contributed by atoms with van der Waals surface area (Å²) in [5.41, 5.74) is 9.15. The normalized spacial score (nSPS) is 14.3. The van der Waals surface area contributed by atoms with E-state index in [2.05, 4.69) is 35.9 Å². The summed E-state index contributed by atoms with van der Waals surface area (Å²) in [6.07, 6.45) is 5.31. The van der Waals surface area contributed by atoms with Crippen molar-refractivity contribution < 1.29 is 0 Å². The summed E-state index contributed by atoms with van der Waals surface area (Å²) >= 11 is 5.30. The van der Waals surface area contributed by atoms with Crippen molar-refractivity contribution in [1.82, 2.24) is 10.2 Å². The Morgan fingerprint density at radius 1 is 1.25 bits per heavy atom. The fourth-order valence-electron chi connectivity index (χ4n) is 2.71. The van der Waals surface area contributed by atoms with E-state index in [4.69, 9.17) is 18.0 Å². The molecule has 0 bridgehead atoms. The molecule has 20 heavy (non-hydrogen) atoms. The van der Waals surface area contributed by atoms with Gasteiger partial charge in [0.05, 0.1) is 11.3 Å². The molecule has 1 aliphatic rings. The van der Waals surface area contributed by atoms with Crippen molar-refractivity contribution in [3.05, 3.63) is 16.8 Å². The summed E-state index contributed by atoms with van der Waals surface area (Å²) in [6, 6.07) is 0.592. The third-order valence-electron chi connectivity index (χ3n) is 3.80. The van der Waals surface area contributed by atoms with Gasteiger partial charge in [-0.3, -0.25) is 0 Å². The fraction of sp³-hybridized carbons (Fsp3) is 0.667. The smallest absolute Gasteiger partial charge is 0.162 e. The van der Waals surface area contributed by atoms with Crippen molar-refractivity contribution in [3.8, 4) is 0 Å². The lowest BCUT2D eigenvalue weighted by Gasteiger charge is -2.26. The van der Waals surface area contributed by atoms with Crippen LogP contribution < -0.4 is 10.6 Å². The third kappa shape index (κ3) is 2.92. The molecule has 2 N–H and O–H groups in total. The molecule has 1 aromatic rings. The molecule has 110 valence electrons. The molecule has 0 saturated heterocycles. The molecule has 0 spiro atoms. The monoisotopic (exact) mass is 292 g/mol. The number of nitrogens with two attached hydrogens (primary N) is 1. The predicted molar refractivity (Wildman–Crippen MR) is 87.3 cm³/mol. The second-order valence-corrected chi connectivity index (χ2v) is 5.76. The number of aromatic nitrogens is 2. The second-order valence-electron chi connectivity index (χ2n) is 5.32. The van der Waals surface area contributed by atoms with Crippen LogP contribution in [-0.2, 0) is 12.8 Å². The highest BCUT2D eigenvalue weighted by atomic mass is 32.1. The SMILES string of the molecule is CCCN(c1nnc(CC)c(CC)c1C(N)=S)C1CC1. The molecule has 5 heteroatoms. The van der Waals surface area contributed by atoms with Gasteiger partial charge in [-0.2, -0.15) is 5.10 Å². The van der Waals surface area contributed by atoms with Gasteiger partial charge in [0.25, 0.3) is 0 Å². The van der Waals surface area contributed by atoms with Gasteiger partial charge >= 0.3 is 0 Å². The third-order valence-corrected chi connectivity index (χ3v) is 4.00. The van der Waals surface area contributed by atoms with E-state index in [1.165, 1.54) is 18.4 Å². The molecule has 1 fully saturated rings. The first kappa shape index (κ1) is 15.2. The Labute approximate surface area is 126 Å². The number of rotatable bonds is 7. The van der Waals surface area contributed by atoms with Gasteiger partial charge in [0.2, 0.25) is 0 Å². The van der Waals surface area contributed by atoms with E-state index in [1.54, 1.807) is 0 Å². The highest BCUT2D eigenvalue weighted by Crippen LogP contribution is 2.34. The number of aryl methyl sites for hydroxylation is 1. The molecule has 0 radical (unpaired) electrons. The quantitative estimate of drug-likeness (QED) is 0.783. The second kappa shape index (κ2) is 6.48. The van der Waals surface area contributed by atoms with Crippen molar-refractivity contribution in [2.75, 3.05) is 11.4 Å². The molecule has 0 atom stereocenters. The predicted octanol–water partition coefficient (Wildman–Crippen LogP) is 2.61. The molecule has 1 aromatic heterocycles. The average Bonchev–Trinajstić information content (AvgIpc) is 3.27. The highest BCUT2D eigenvalue weighted by molar-refractivity contribution is 7.80. The van der Waals surface area contributed by atoms with Crippen LogP contribution in [0.1, 0.15) is 56.9 Å². The van der Waals surface area contributed by atoms with Crippen molar-refractivity contribution in [3.63, 3.8) is 0 Å². The molecule has 0 unspecified atom stereocenters. The Balaban J connectivity index is 2.53. The molecule has 4 nitrogen and oxygen atoms in total. The van der Waals surface area contributed by atoms with Crippen LogP contribution in [0.2, 0.25) is 0 Å². The molecule has 0 amide bonds. The van der Waals surface area contributed by atoms with Crippen LogP contribution in [0.3, 0.4) is 0 Å². The molecular formula is C15H24N4S. The van der Waals surface area contributed by atoms with Crippen molar-refractivity contribution >= 4 is 23.0 Å². The maximum Gasteiger partial charge on any atom is 0.162 e. The van der Waals surface area contributed by atoms with Crippen LogP contribution in [0.15, 0.2) is 0 Å². The molecule has 2 rings (SSSR count). The Kier molecular flexibility index (Phi) is 4.91.